The van der Waals surface area contributed by atoms with Gasteiger partial charge in [-0.15, -0.1) is 0 Å². The monoisotopic (exact) mass is 656 g/mol. The maximum Gasteiger partial charge on any atom is 0.306 e. The zero-order valence-corrected chi connectivity index (χ0v) is 32.0. The third kappa shape index (κ3) is 9.65. The van der Waals surface area contributed by atoms with Crippen LogP contribution in [0, 0.1) is 46.3 Å². The van der Waals surface area contributed by atoms with Crippen molar-refractivity contribution in [1.82, 2.24) is 4.90 Å². The van der Waals surface area contributed by atoms with Crippen LogP contribution in [0.4, 0.5) is 0 Å². The van der Waals surface area contributed by atoms with E-state index in [2.05, 4.69) is 40.7 Å². The van der Waals surface area contributed by atoms with Gasteiger partial charge in [-0.05, 0) is 132 Å². The molecule has 3 fully saturated rings. The number of ether oxygens (including phenoxy) is 1. The first kappa shape index (κ1) is 38.4. The number of fused-ring (bicyclic) bond motifs is 5. The molecule has 0 aliphatic heterocycles. The molecule has 47 heavy (non-hydrogen) atoms. The smallest absolute Gasteiger partial charge is 0.306 e. The van der Waals surface area contributed by atoms with Gasteiger partial charge in [0.15, 0.2) is 0 Å². The van der Waals surface area contributed by atoms with E-state index >= 15 is 0 Å². The third-order valence-corrected chi connectivity index (χ3v) is 13.5. The van der Waals surface area contributed by atoms with Crippen LogP contribution in [-0.2, 0) is 14.3 Å². The lowest BCUT2D eigenvalue weighted by Gasteiger charge is -2.58. The van der Waals surface area contributed by atoms with Crippen LogP contribution in [0.25, 0.3) is 0 Å². The minimum absolute atomic E-state index is 0.0175. The molecule has 8 atom stereocenters. The lowest BCUT2D eigenvalue weighted by Crippen LogP contribution is -2.51. The number of amides is 1. The molecule has 270 valence electrons. The fourth-order valence-electron chi connectivity index (χ4n) is 10.6. The SMILES string of the molecule is CC(C)CCCC(C)[C@H]1CC[C@H]2[C@@H]3CC=C4C[C@@H](OC(=O)CCC(=O)N(CCC(C)(C)N)CCC(C)(C)N)CC[C@]4(C)[C@H]3CC[C@]12C. The fourth-order valence-corrected chi connectivity index (χ4v) is 10.6. The Labute approximate surface area is 289 Å². The normalized spacial score (nSPS) is 33.0. The number of hydrogen-bond donors (Lipinski definition) is 2. The highest BCUT2D eigenvalue weighted by Gasteiger charge is 2.59. The van der Waals surface area contributed by atoms with Gasteiger partial charge in [-0.25, -0.2) is 0 Å². The van der Waals surface area contributed by atoms with E-state index in [1.54, 1.807) is 5.57 Å². The molecule has 0 bridgehead atoms. The largest absolute Gasteiger partial charge is 0.462 e. The van der Waals surface area contributed by atoms with Gasteiger partial charge in [0.2, 0.25) is 5.91 Å². The van der Waals surface area contributed by atoms with Gasteiger partial charge in [-0.1, -0.05) is 65.5 Å². The zero-order chi connectivity index (χ0) is 34.8. The topological polar surface area (TPSA) is 98.7 Å². The highest BCUT2D eigenvalue weighted by molar-refractivity contribution is 5.81. The standard InChI is InChI=1S/C41H73N3O3/c1-28(2)11-10-12-29(3)33-15-16-34-32-14-13-30-27-31(19-21-40(30,8)35(32)20-22-41(33,34)9)47-37(46)18-17-36(45)44(25-23-38(4,5)42)26-24-39(6,7)43/h13,28-29,31-35H,10-12,14-27,42-43H2,1-9H3/t29?,31-,32-,33+,34-,35-,40-,41+/m0/s1. The Bertz CT molecular complexity index is 1080. The molecule has 6 heteroatoms. The molecule has 4 N–H and O–H groups in total. The lowest BCUT2D eigenvalue weighted by atomic mass is 9.47. The number of nitrogens with zero attached hydrogens (tertiary/aromatic N) is 1. The molecule has 6 nitrogen and oxygen atoms in total. The molecule has 0 aromatic rings. The Morgan fingerprint density at radius 2 is 1.57 bits per heavy atom. The summed E-state index contributed by atoms with van der Waals surface area (Å²) in [6, 6.07) is 0. The van der Waals surface area contributed by atoms with Gasteiger partial charge in [0, 0.05) is 37.0 Å². The second-order valence-electron chi connectivity index (χ2n) is 19.0. The van der Waals surface area contributed by atoms with Crippen molar-refractivity contribution in [1.29, 1.82) is 0 Å². The van der Waals surface area contributed by atoms with Gasteiger partial charge in [0.05, 0.1) is 6.42 Å². The maximum atomic E-state index is 13.2. The molecular weight excluding hydrogens is 582 g/mol. The van der Waals surface area contributed by atoms with Crippen molar-refractivity contribution in [3.8, 4) is 0 Å². The molecule has 0 radical (unpaired) electrons. The first-order chi connectivity index (χ1) is 21.8. The van der Waals surface area contributed by atoms with Crippen LogP contribution >= 0.6 is 0 Å². The summed E-state index contributed by atoms with van der Waals surface area (Å²) in [4.78, 5) is 28.1. The van der Waals surface area contributed by atoms with Crippen LogP contribution < -0.4 is 11.5 Å². The maximum absolute atomic E-state index is 13.2. The lowest BCUT2D eigenvalue weighted by molar-refractivity contribution is -0.153. The fraction of sp³-hybridized carbons (Fsp3) is 0.902. The van der Waals surface area contributed by atoms with Gasteiger partial charge in [0.25, 0.3) is 0 Å². The molecular formula is C41H73N3O3. The Hall–Kier alpha value is -1.40. The molecule has 3 saturated carbocycles. The Kier molecular flexibility index (Phi) is 12.4. The summed E-state index contributed by atoms with van der Waals surface area (Å²) < 4.78 is 6.06. The minimum Gasteiger partial charge on any atom is -0.462 e. The second-order valence-corrected chi connectivity index (χ2v) is 19.0. The highest BCUT2D eigenvalue weighted by atomic mass is 16.5. The number of carbonyl (C=O) groups is 2. The third-order valence-electron chi connectivity index (χ3n) is 13.5. The van der Waals surface area contributed by atoms with E-state index in [1.807, 2.05) is 32.6 Å². The predicted octanol–water partition coefficient (Wildman–Crippen LogP) is 8.80. The molecule has 0 aromatic carbocycles. The summed E-state index contributed by atoms with van der Waals surface area (Å²) in [5.74, 6) is 4.69. The number of esters is 1. The van der Waals surface area contributed by atoms with Crippen LogP contribution in [-0.4, -0.2) is 47.0 Å². The quantitative estimate of drug-likeness (QED) is 0.136. The summed E-state index contributed by atoms with van der Waals surface area (Å²) in [5, 5.41) is 0. The summed E-state index contributed by atoms with van der Waals surface area (Å²) in [6.45, 7) is 21.5. The molecule has 4 aliphatic rings. The molecule has 4 rings (SSSR count). The van der Waals surface area contributed by atoms with Crippen LogP contribution in [0.5, 0.6) is 0 Å². The highest BCUT2D eigenvalue weighted by Crippen LogP contribution is 2.67. The van der Waals surface area contributed by atoms with E-state index in [0.717, 1.165) is 54.8 Å². The molecule has 1 amide bonds. The number of carbonyl (C=O) groups excluding carboxylic acids is 2. The Morgan fingerprint density at radius 1 is 0.915 bits per heavy atom. The van der Waals surface area contributed by atoms with Crippen molar-refractivity contribution >= 4 is 11.9 Å². The molecule has 0 spiro atoms. The summed E-state index contributed by atoms with van der Waals surface area (Å²) in [5.41, 5.74) is 14.0. The number of rotatable bonds is 15. The van der Waals surface area contributed by atoms with Gasteiger partial charge in [0.1, 0.15) is 6.10 Å². The average Bonchev–Trinajstić information content (AvgIpc) is 3.32. The molecule has 4 aliphatic carbocycles. The van der Waals surface area contributed by atoms with Crippen molar-refractivity contribution in [2.24, 2.45) is 57.8 Å². The Balaban J connectivity index is 1.31. The van der Waals surface area contributed by atoms with Gasteiger partial charge in [-0.2, -0.15) is 0 Å². The van der Waals surface area contributed by atoms with Crippen molar-refractivity contribution in [3.05, 3.63) is 11.6 Å². The summed E-state index contributed by atoms with van der Waals surface area (Å²) >= 11 is 0. The number of nitrogens with two attached hydrogens (primary N) is 2. The summed E-state index contributed by atoms with van der Waals surface area (Å²) in [6.07, 6.45) is 18.0. The number of allylic oxidation sites excluding steroid dienone is 1. The van der Waals surface area contributed by atoms with E-state index in [0.29, 0.717) is 31.3 Å². The van der Waals surface area contributed by atoms with Crippen LogP contribution in [0.2, 0.25) is 0 Å². The van der Waals surface area contributed by atoms with Crippen molar-refractivity contribution in [2.75, 3.05) is 13.1 Å². The first-order valence-corrected chi connectivity index (χ1v) is 19.6. The molecule has 0 saturated heterocycles. The number of hydrogen-bond acceptors (Lipinski definition) is 5. The van der Waals surface area contributed by atoms with Crippen LogP contribution in [0.3, 0.4) is 0 Å². The summed E-state index contributed by atoms with van der Waals surface area (Å²) in [7, 11) is 0. The van der Waals surface area contributed by atoms with E-state index in [1.165, 1.54) is 51.4 Å². The molecule has 0 aromatic heterocycles. The average molecular weight is 656 g/mol. The van der Waals surface area contributed by atoms with Crippen LogP contribution in [0.15, 0.2) is 11.6 Å². The minimum atomic E-state index is -0.360. The van der Waals surface area contributed by atoms with E-state index < -0.39 is 0 Å². The molecule has 0 heterocycles. The van der Waals surface area contributed by atoms with E-state index in [-0.39, 0.29) is 47.3 Å². The van der Waals surface area contributed by atoms with Crippen molar-refractivity contribution in [2.45, 2.75) is 176 Å². The van der Waals surface area contributed by atoms with E-state index in [9.17, 15) is 9.59 Å². The zero-order valence-electron chi connectivity index (χ0n) is 32.0. The van der Waals surface area contributed by atoms with Gasteiger partial charge in [-0.3, -0.25) is 9.59 Å². The van der Waals surface area contributed by atoms with Crippen molar-refractivity contribution in [3.63, 3.8) is 0 Å². The second kappa shape index (κ2) is 15.2. The first-order valence-electron chi connectivity index (χ1n) is 19.6. The predicted molar refractivity (Wildman–Crippen MR) is 195 cm³/mol. The van der Waals surface area contributed by atoms with Gasteiger partial charge >= 0.3 is 5.97 Å². The van der Waals surface area contributed by atoms with Crippen molar-refractivity contribution < 1.29 is 14.3 Å². The van der Waals surface area contributed by atoms with Gasteiger partial charge < -0.3 is 21.1 Å². The Morgan fingerprint density at radius 3 is 2.19 bits per heavy atom. The molecule has 1 unspecified atom stereocenters. The van der Waals surface area contributed by atoms with Crippen LogP contribution in [0.1, 0.15) is 159 Å². The van der Waals surface area contributed by atoms with E-state index in [4.69, 9.17) is 16.2 Å².